The van der Waals surface area contributed by atoms with Crippen molar-refractivity contribution >= 4 is 34.2 Å². The van der Waals surface area contributed by atoms with Gasteiger partial charge in [-0.15, -0.1) is 0 Å². The second kappa shape index (κ2) is 8.18. The lowest BCUT2D eigenvalue weighted by Crippen LogP contribution is -2.13. The summed E-state index contributed by atoms with van der Waals surface area (Å²) in [5, 5.41) is 14.6. The van der Waals surface area contributed by atoms with E-state index in [0.717, 1.165) is 16.8 Å². The minimum absolute atomic E-state index is 0.167. The molecule has 122 valence electrons. The Labute approximate surface area is 145 Å². The summed E-state index contributed by atoms with van der Waals surface area (Å²) >= 11 is 1.34. The second-order valence-electron chi connectivity index (χ2n) is 5.11. The number of hydrogen-bond donors (Lipinski definition) is 2. The molecule has 0 aliphatic carbocycles. The van der Waals surface area contributed by atoms with Crippen LogP contribution in [0.1, 0.15) is 21.5 Å². The number of nitriles is 1. The van der Waals surface area contributed by atoms with E-state index >= 15 is 0 Å². The van der Waals surface area contributed by atoms with Crippen molar-refractivity contribution in [3.63, 3.8) is 0 Å². The maximum Gasteiger partial charge on any atom is 0.255 e. The monoisotopic (exact) mass is 338 g/mol. The average molecular weight is 338 g/mol. The minimum atomic E-state index is -0.167. The number of benzene rings is 2. The van der Waals surface area contributed by atoms with Crippen LogP contribution in [-0.2, 0) is 0 Å². The molecule has 2 aromatic carbocycles. The van der Waals surface area contributed by atoms with Gasteiger partial charge in [0.1, 0.15) is 0 Å². The molecule has 0 fully saturated rings. The summed E-state index contributed by atoms with van der Waals surface area (Å²) in [6.45, 7) is 3.99. The molecular formula is C18H18N4OS. The molecule has 5 nitrogen and oxygen atoms in total. The molecule has 0 radical (unpaired) electrons. The third-order valence-electron chi connectivity index (χ3n) is 3.57. The number of rotatable bonds is 3. The molecule has 0 aliphatic rings. The van der Waals surface area contributed by atoms with Crippen molar-refractivity contribution in [3.05, 3.63) is 59.2 Å². The van der Waals surface area contributed by atoms with Crippen LogP contribution in [0.4, 0.5) is 11.4 Å². The predicted molar refractivity (Wildman–Crippen MR) is 99.7 cm³/mol. The SMILES string of the molecule is CSC(=Nc1ccc(C(=O)Nc2cccc(C)c2C)cc1)NC#N. The quantitative estimate of drug-likeness (QED) is 0.384. The van der Waals surface area contributed by atoms with E-state index in [-0.39, 0.29) is 5.91 Å². The lowest BCUT2D eigenvalue weighted by Gasteiger charge is -2.10. The van der Waals surface area contributed by atoms with E-state index in [9.17, 15) is 4.79 Å². The standard InChI is InChI=1S/C18H18N4OS/c1-12-5-4-6-16(13(12)2)22-17(23)14-7-9-15(10-8-14)21-18(24-3)20-11-19/h4-10H,1-3H3,(H,20,21)(H,22,23). The number of nitrogens with zero attached hydrogens (tertiary/aromatic N) is 2. The fourth-order valence-electron chi connectivity index (χ4n) is 2.06. The zero-order valence-corrected chi connectivity index (χ0v) is 14.6. The number of nitrogens with one attached hydrogen (secondary N) is 2. The van der Waals surface area contributed by atoms with Gasteiger partial charge in [0.2, 0.25) is 0 Å². The topological polar surface area (TPSA) is 77.3 Å². The number of anilines is 1. The van der Waals surface area contributed by atoms with Crippen LogP contribution < -0.4 is 10.6 Å². The van der Waals surface area contributed by atoms with E-state index in [1.54, 1.807) is 24.3 Å². The Balaban J connectivity index is 2.14. The van der Waals surface area contributed by atoms with Crippen LogP contribution in [0.5, 0.6) is 0 Å². The first-order valence-electron chi connectivity index (χ1n) is 7.30. The Morgan fingerprint density at radius 2 is 1.88 bits per heavy atom. The van der Waals surface area contributed by atoms with Gasteiger partial charge in [0, 0.05) is 11.3 Å². The van der Waals surface area contributed by atoms with Crippen LogP contribution in [0.3, 0.4) is 0 Å². The number of thioether (sulfide) groups is 1. The van der Waals surface area contributed by atoms with Crippen LogP contribution in [-0.4, -0.2) is 17.3 Å². The molecule has 0 aliphatic heterocycles. The number of carbonyl (C=O) groups excluding carboxylic acids is 1. The van der Waals surface area contributed by atoms with Crippen molar-refractivity contribution in [2.24, 2.45) is 4.99 Å². The summed E-state index contributed by atoms with van der Waals surface area (Å²) in [6.07, 6.45) is 3.67. The van der Waals surface area contributed by atoms with E-state index in [2.05, 4.69) is 15.6 Å². The zero-order chi connectivity index (χ0) is 17.5. The highest BCUT2D eigenvalue weighted by Crippen LogP contribution is 2.20. The second-order valence-corrected chi connectivity index (χ2v) is 5.90. The third kappa shape index (κ3) is 4.37. The van der Waals surface area contributed by atoms with Gasteiger partial charge in [-0.25, -0.2) is 4.99 Å². The maximum absolute atomic E-state index is 12.4. The molecule has 1 amide bonds. The van der Waals surface area contributed by atoms with E-state index in [0.29, 0.717) is 16.4 Å². The zero-order valence-electron chi connectivity index (χ0n) is 13.8. The van der Waals surface area contributed by atoms with Crippen molar-refractivity contribution in [2.45, 2.75) is 13.8 Å². The number of hydrogen-bond acceptors (Lipinski definition) is 4. The largest absolute Gasteiger partial charge is 0.322 e. The van der Waals surface area contributed by atoms with Crippen LogP contribution in [0.15, 0.2) is 47.5 Å². The predicted octanol–water partition coefficient (Wildman–Crippen LogP) is 3.98. The molecule has 0 saturated heterocycles. The number of aryl methyl sites for hydroxylation is 1. The fourth-order valence-corrected chi connectivity index (χ4v) is 2.40. The summed E-state index contributed by atoms with van der Waals surface area (Å²) in [7, 11) is 0. The summed E-state index contributed by atoms with van der Waals surface area (Å²) in [5.74, 6) is -0.167. The van der Waals surface area contributed by atoms with Gasteiger partial charge < -0.3 is 5.32 Å². The Kier molecular flexibility index (Phi) is 5.99. The van der Waals surface area contributed by atoms with E-state index in [1.807, 2.05) is 44.5 Å². The van der Waals surface area contributed by atoms with Crippen LogP contribution in [0.2, 0.25) is 0 Å². The fraction of sp³-hybridized carbons (Fsp3) is 0.167. The highest BCUT2D eigenvalue weighted by atomic mass is 32.2. The van der Waals surface area contributed by atoms with Crippen molar-refractivity contribution in [1.29, 1.82) is 5.26 Å². The smallest absolute Gasteiger partial charge is 0.255 e. The Morgan fingerprint density at radius 1 is 1.17 bits per heavy atom. The highest BCUT2D eigenvalue weighted by Gasteiger charge is 2.08. The van der Waals surface area contributed by atoms with Gasteiger partial charge in [-0.1, -0.05) is 23.9 Å². The lowest BCUT2D eigenvalue weighted by atomic mass is 10.1. The van der Waals surface area contributed by atoms with Crippen molar-refractivity contribution < 1.29 is 4.79 Å². The van der Waals surface area contributed by atoms with Gasteiger partial charge in [0.15, 0.2) is 11.4 Å². The third-order valence-corrected chi connectivity index (χ3v) is 4.15. The molecule has 0 atom stereocenters. The Morgan fingerprint density at radius 3 is 2.50 bits per heavy atom. The van der Waals surface area contributed by atoms with Gasteiger partial charge in [0.05, 0.1) is 5.69 Å². The van der Waals surface area contributed by atoms with E-state index in [4.69, 9.17) is 5.26 Å². The average Bonchev–Trinajstić information content (AvgIpc) is 2.59. The summed E-state index contributed by atoms with van der Waals surface area (Å²) in [6, 6.07) is 12.7. The van der Waals surface area contributed by atoms with Crippen molar-refractivity contribution in [2.75, 3.05) is 11.6 Å². The number of amides is 1. The van der Waals surface area contributed by atoms with E-state index in [1.165, 1.54) is 11.8 Å². The summed E-state index contributed by atoms with van der Waals surface area (Å²) in [5.41, 5.74) is 4.22. The molecule has 0 bridgehead atoms. The van der Waals surface area contributed by atoms with E-state index < -0.39 is 0 Å². The van der Waals surface area contributed by atoms with Gasteiger partial charge in [0.25, 0.3) is 5.91 Å². The summed E-state index contributed by atoms with van der Waals surface area (Å²) in [4.78, 5) is 16.7. The molecule has 24 heavy (non-hydrogen) atoms. The minimum Gasteiger partial charge on any atom is -0.322 e. The van der Waals surface area contributed by atoms with Crippen molar-refractivity contribution in [3.8, 4) is 6.19 Å². The number of aliphatic imine (C=N–C) groups is 1. The van der Waals surface area contributed by atoms with Crippen molar-refractivity contribution in [1.82, 2.24) is 5.32 Å². The molecule has 0 heterocycles. The Hall–Kier alpha value is -2.78. The lowest BCUT2D eigenvalue weighted by molar-refractivity contribution is 0.102. The van der Waals surface area contributed by atoms with Crippen LogP contribution >= 0.6 is 11.8 Å². The van der Waals surface area contributed by atoms with Gasteiger partial charge in [-0.2, -0.15) is 5.26 Å². The number of carbonyl (C=O) groups is 1. The molecule has 0 unspecified atom stereocenters. The van der Waals surface area contributed by atoms with Gasteiger partial charge in [-0.05, 0) is 61.6 Å². The molecule has 2 rings (SSSR count). The molecule has 2 aromatic rings. The Bertz CT molecular complexity index is 807. The molecule has 6 heteroatoms. The molecule has 2 N–H and O–H groups in total. The first-order chi connectivity index (χ1) is 11.5. The first kappa shape index (κ1) is 17.6. The number of amidine groups is 1. The normalized spacial score (nSPS) is 10.8. The molecule has 0 saturated carbocycles. The van der Waals surface area contributed by atoms with Gasteiger partial charge in [-0.3, -0.25) is 10.1 Å². The highest BCUT2D eigenvalue weighted by molar-refractivity contribution is 8.13. The molecular weight excluding hydrogens is 320 g/mol. The van der Waals surface area contributed by atoms with Gasteiger partial charge >= 0.3 is 0 Å². The van der Waals surface area contributed by atoms with Crippen LogP contribution in [0.25, 0.3) is 0 Å². The molecule has 0 spiro atoms. The maximum atomic E-state index is 12.4. The molecule has 0 aromatic heterocycles. The first-order valence-corrected chi connectivity index (χ1v) is 8.53. The van der Waals surface area contributed by atoms with Crippen LogP contribution in [0, 0.1) is 25.3 Å². The summed E-state index contributed by atoms with van der Waals surface area (Å²) < 4.78 is 0.